The van der Waals surface area contributed by atoms with Crippen molar-refractivity contribution < 1.29 is 0 Å². The third-order valence-electron chi connectivity index (χ3n) is 3.01. The van der Waals surface area contributed by atoms with E-state index in [1.54, 1.807) is 0 Å². The molecule has 0 spiro atoms. The molecule has 2 rings (SSSR count). The first-order chi connectivity index (χ1) is 8.22. The molecule has 1 aromatic rings. The van der Waals surface area contributed by atoms with Gasteiger partial charge in [0.25, 0.3) is 0 Å². The lowest BCUT2D eigenvalue weighted by Gasteiger charge is -2.18. The Morgan fingerprint density at radius 2 is 2.35 bits per heavy atom. The Hall–Kier alpha value is -1.56. The smallest absolute Gasteiger partial charge is 0.223 e. The van der Waals surface area contributed by atoms with E-state index >= 15 is 0 Å². The van der Waals surface area contributed by atoms with Crippen LogP contribution in [0.15, 0.2) is 6.07 Å². The lowest BCUT2D eigenvalue weighted by molar-refractivity contribution is 0.616. The Labute approximate surface area is 102 Å². The summed E-state index contributed by atoms with van der Waals surface area (Å²) in [5.74, 6) is 2.03. The van der Waals surface area contributed by atoms with Crippen LogP contribution in [0, 0.1) is 0 Å². The highest BCUT2D eigenvalue weighted by Gasteiger charge is 2.22. The van der Waals surface area contributed by atoms with Gasteiger partial charge in [-0.25, -0.2) is 0 Å². The molecule has 4 N–H and O–H groups in total. The summed E-state index contributed by atoms with van der Waals surface area (Å²) < 4.78 is 0. The van der Waals surface area contributed by atoms with Crippen molar-refractivity contribution in [2.24, 2.45) is 0 Å². The Morgan fingerprint density at radius 3 is 3.00 bits per heavy atom. The molecule has 0 amide bonds. The largest absolute Gasteiger partial charge is 0.370 e. The number of nitrogens with one attached hydrogen (secondary N) is 2. The number of aromatic nitrogens is 2. The molecule has 0 bridgehead atoms. The van der Waals surface area contributed by atoms with E-state index in [1.807, 2.05) is 20.0 Å². The van der Waals surface area contributed by atoms with Gasteiger partial charge in [-0.1, -0.05) is 0 Å². The van der Waals surface area contributed by atoms with Crippen LogP contribution in [0.4, 0.5) is 17.6 Å². The lowest BCUT2D eigenvalue weighted by atomic mass is 10.3. The topological polar surface area (TPSA) is 79.1 Å². The van der Waals surface area contributed by atoms with Gasteiger partial charge in [-0.2, -0.15) is 9.97 Å². The van der Waals surface area contributed by atoms with Crippen molar-refractivity contribution >= 4 is 17.6 Å². The average Bonchev–Trinajstić information content (AvgIpc) is 2.77. The van der Waals surface area contributed by atoms with Gasteiger partial charge in [-0.05, 0) is 20.4 Å². The van der Waals surface area contributed by atoms with Gasteiger partial charge in [-0.3, -0.25) is 0 Å². The SMILES string of the molecule is CCNc1cc(N2CC[C@@H](NC)C2)nc(N)n1. The molecule has 6 heteroatoms. The fraction of sp³-hybridized carbons (Fsp3) is 0.636. The second-order valence-corrected chi connectivity index (χ2v) is 4.22. The Balaban J connectivity index is 2.15. The molecule has 0 aliphatic carbocycles. The molecule has 0 radical (unpaired) electrons. The number of nitrogens with zero attached hydrogens (tertiary/aromatic N) is 3. The van der Waals surface area contributed by atoms with Gasteiger partial charge in [0.2, 0.25) is 5.95 Å². The van der Waals surface area contributed by atoms with Crippen LogP contribution < -0.4 is 21.3 Å². The molecule has 6 nitrogen and oxygen atoms in total. The summed E-state index contributed by atoms with van der Waals surface area (Å²) in [7, 11) is 1.99. The third kappa shape index (κ3) is 2.76. The molecule has 0 aromatic carbocycles. The summed E-state index contributed by atoms with van der Waals surface area (Å²) in [5.41, 5.74) is 5.72. The molecule has 0 unspecified atom stereocenters. The molecule has 2 heterocycles. The van der Waals surface area contributed by atoms with Crippen molar-refractivity contribution in [3.63, 3.8) is 0 Å². The molecular weight excluding hydrogens is 216 g/mol. The van der Waals surface area contributed by atoms with Crippen molar-refractivity contribution in [2.45, 2.75) is 19.4 Å². The number of rotatable bonds is 4. The zero-order chi connectivity index (χ0) is 12.3. The van der Waals surface area contributed by atoms with Crippen LogP contribution in [-0.4, -0.2) is 42.7 Å². The second-order valence-electron chi connectivity index (χ2n) is 4.22. The molecule has 1 saturated heterocycles. The quantitative estimate of drug-likeness (QED) is 0.697. The maximum absolute atomic E-state index is 5.72. The van der Waals surface area contributed by atoms with Crippen LogP contribution in [0.1, 0.15) is 13.3 Å². The predicted octanol–water partition coefficient (Wildman–Crippen LogP) is 0.289. The molecule has 1 aliphatic heterocycles. The minimum atomic E-state index is 0.325. The number of likely N-dealkylation sites (N-methyl/N-ethyl adjacent to an activating group) is 1. The number of hydrogen-bond acceptors (Lipinski definition) is 6. The molecule has 1 fully saturated rings. The highest BCUT2D eigenvalue weighted by Crippen LogP contribution is 2.21. The minimum absolute atomic E-state index is 0.325. The van der Waals surface area contributed by atoms with E-state index in [0.717, 1.165) is 37.7 Å². The standard InChI is InChI=1S/C11H20N6/c1-3-14-9-6-10(16-11(12)15-9)17-5-4-8(7-17)13-2/h6,8,13H,3-5,7H2,1-2H3,(H3,12,14,15,16)/t8-/m1/s1. The minimum Gasteiger partial charge on any atom is -0.370 e. The molecule has 17 heavy (non-hydrogen) atoms. The summed E-state index contributed by atoms with van der Waals surface area (Å²) in [6.07, 6.45) is 1.14. The van der Waals surface area contributed by atoms with E-state index in [9.17, 15) is 0 Å². The Morgan fingerprint density at radius 1 is 1.53 bits per heavy atom. The van der Waals surface area contributed by atoms with Crippen molar-refractivity contribution in [1.29, 1.82) is 0 Å². The molecule has 94 valence electrons. The van der Waals surface area contributed by atoms with E-state index in [0.29, 0.717) is 12.0 Å². The van der Waals surface area contributed by atoms with Gasteiger partial charge in [0, 0.05) is 31.7 Å². The molecule has 1 aliphatic rings. The van der Waals surface area contributed by atoms with Crippen LogP contribution in [-0.2, 0) is 0 Å². The summed E-state index contributed by atoms with van der Waals surface area (Å²) >= 11 is 0. The van der Waals surface area contributed by atoms with Crippen molar-refractivity contribution in [3.8, 4) is 0 Å². The molecule has 1 aromatic heterocycles. The van der Waals surface area contributed by atoms with Gasteiger partial charge in [0.15, 0.2) is 0 Å². The Bertz CT molecular complexity index is 380. The van der Waals surface area contributed by atoms with Crippen LogP contribution in [0.2, 0.25) is 0 Å². The maximum atomic E-state index is 5.72. The summed E-state index contributed by atoms with van der Waals surface area (Å²) in [4.78, 5) is 10.7. The highest BCUT2D eigenvalue weighted by atomic mass is 15.3. The maximum Gasteiger partial charge on any atom is 0.223 e. The monoisotopic (exact) mass is 236 g/mol. The fourth-order valence-electron chi connectivity index (χ4n) is 2.09. The first kappa shape index (κ1) is 11.9. The highest BCUT2D eigenvalue weighted by molar-refractivity contribution is 5.53. The zero-order valence-electron chi connectivity index (χ0n) is 10.4. The fourth-order valence-corrected chi connectivity index (χ4v) is 2.09. The summed E-state index contributed by atoms with van der Waals surface area (Å²) in [6.45, 7) is 4.84. The summed E-state index contributed by atoms with van der Waals surface area (Å²) in [5, 5.41) is 6.45. The first-order valence-corrected chi connectivity index (χ1v) is 6.03. The van der Waals surface area contributed by atoms with Gasteiger partial charge in [0.05, 0.1) is 0 Å². The van der Waals surface area contributed by atoms with E-state index < -0.39 is 0 Å². The van der Waals surface area contributed by atoms with Crippen LogP contribution >= 0.6 is 0 Å². The van der Waals surface area contributed by atoms with Crippen molar-refractivity contribution in [2.75, 3.05) is 42.6 Å². The van der Waals surface area contributed by atoms with Gasteiger partial charge in [0.1, 0.15) is 11.6 Å². The molecular formula is C11H20N6. The molecule has 1 atom stereocenters. The Kier molecular flexibility index (Phi) is 3.63. The van der Waals surface area contributed by atoms with E-state index in [-0.39, 0.29) is 0 Å². The van der Waals surface area contributed by atoms with E-state index in [1.165, 1.54) is 0 Å². The van der Waals surface area contributed by atoms with Crippen LogP contribution in [0.5, 0.6) is 0 Å². The van der Waals surface area contributed by atoms with Gasteiger partial charge >= 0.3 is 0 Å². The first-order valence-electron chi connectivity index (χ1n) is 6.03. The molecule has 0 saturated carbocycles. The van der Waals surface area contributed by atoms with Crippen molar-refractivity contribution in [1.82, 2.24) is 15.3 Å². The average molecular weight is 236 g/mol. The van der Waals surface area contributed by atoms with E-state index in [2.05, 4.69) is 25.5 Å². The van der Waals surface area contributed by atoms with Crippen molar-refractivity contribution in [3.05, 3.63) is 6.07 Å². The van der Waals surface area contributed by atoms with E-state index in [4.69, 9.17) is 5.73 Å². The van der Waals surface area contributed by atoms with Crippen LogP contribution in [0.25, 0.3) is 0 Å². The lowest BCUT2D eigenvalue weighted by Crippen LogP contribution is -2.30. The normalized spacial score (nSPS) is 19.6. The number of anilines is 3. The number of hydrogen-bond donors (Lipinski definition) is 3. The predicted molar refractivity (Wildman–Crippen MR) is 70.3 cm³/mol. The van der Waals surface area contributed by atoms with Gasteiger partial charge in [-0.15, -0.1) is 0 Å². The zero-order valence-corrected chi connectivity index (χ0v) is 10.4. The second kappa shape index (κ2) is 5.18. The van der Waals surface area contributed by atoms with Crippen LogP contribution in [0.3, 0.4) is 0 Å². The summed E-state index contributed by atoms with van der Waals surface area (Å²) in [6, 6.07) is 2.49. The third-order valence-corrected chi connectivity index (χ3v) is 3.01. The van der Waals surface area contributed by atoms with Gasteiger partial charge < -0.3 is 21.3 Å². The number of nitrogens with two attached hydrogens (primary N) is 1. The number of nitrogen functional groups attached to an aromatic ring is 1.